The zero-order valence-electron chi connectivity index (χ0n) is 13.7. The lowest BCUT2D eigenvalue weighted by molar-refractivity contribution is -0.132. The lowest BCUT2D eigenvalue weighted by Gasteiger charge is -2.32. The highest BCUT2D eigenvalue weighted by atomic mass is 32.2. The summed E-state index contributed by atoms with van der Waals surface area (Å²) in [4.78, 5) is 23.0. The molecule has 128 valence electrons. The minimum atomic E-state index is 0.0943. The van der Waals surface area contributed by atoms with Crippen molar-refractivity contribution in [3.8, 4) is 0 Å². The molecule has 0 N–H and O–H groups in total. The summed E-state index contributed by atoms with van der Waals surface area (Å²) in [6, 6.07) is 5.81. The standard InChI is InChI=1S/C17H21N3O2S2/c1-13-11-23-17(19-13)24-12-16(21)20-8-4-6-15(9-20)22-10-14-5-2-3-7-18-14/h2-3,5,7,11,15H,4,6,8-10,12H2,1H3/t15-/m0/s1. The van der Waals surface area contributed by atoms with Crippen LogP contribution in [-0.2, 0) is 16.1 Å². The maximum atomic E-state index is 12.4. The van der Waals surface area contributed by atoms with Gasteiger partial charge >= 0.3 is 0 Å². The SMILES string of the molecule is Cc1csc(SCC(=O)N2CCC[C@H](OCc3ccccn3)C2)n1. The van der Waals surface area contributed by atoms with Gasteiger partial charge in [-0.3, -0.25) is 9.78 Å². The van der Waals surface area contributed by atoms with Crippen LogP contribution in [0.2, 0.25) is 0 Å². The molecular formula is C17H21N3O2S2. The number of pyridine rings is 1. The average Bonchev–Trinajstić information content (AvgIpc) is 3.04. The van der Waals surface area contributed by atoms with Crippen LogP contribution in [0, 0.1) is 6.92 Å². The summed E-state index contributed by atoms with van der Waals surface area (Å²) in [5.41, 5.74) is 1.94. The van der Waals surface area contributed by atoms with Crippen molar-refractivity contribution in [1.29, 1.82) is 0 Å². The molecule has 1 aliphatic rings. The topological polar surface area (TPSA) is 55.3 Å². The smallest absolute Gasteiger partial charge is 0.233 e. The number of nitrogens with zero attached hydrogens (tertiary/aromatic N) is 3. The molecule has 0 bridgehead atoms. The highest BCUT2D eigenvalue weighted by Gasteiger charge is 2.24. The number of ether oxygens (including phenoxy) is 1. The van der Waals surface area contributed by atoms with E-state index >= 15 is 0 Å². The normalized spacial score (nSPS) is 17.9. The number of hydrogen-bond donors (Lipinski definition) is 0. The second-order valence-corrected chi connectivity index (χ2v) is 7.86. The number of carbonyl (C=O) groups excluding carboxylic acids is 1. The summed E-state index contributed by atoms with van der Waals surface area (Å²) in [7, 11) is 0. The van der Waals surface area contributed by atoms with Crippen LogP contribution in [0.25, 0.3) is 0 Å². The van der Waals surface area contributed by atoms with Crippen LogP contribution in [0.3, 0.4) is 0 Å². The maximum absolute atomic E-state index is 12.4. The Morgan fingerprint density at radius 3 is 3.17 bits per heavy atom. The number of aryl methyl sites for hydroxylation is 1. The molecule has 0 unspecified atom stereocenters. The van der Waals surface area contributed by atoms with Crippen molar-refractivity contribution in [2.24, 2.45) is 0 Å². The van der Waals surface area contributed by atoms with Crippen LogP contribution in [0.1, 0.15) is 24.2 Å². The fourth-order valence-electron chi connectivity index (χ4n) is 2.60. The van der Waals surface area contributed by atoms with Crippen molar-refractivity contribution in [3.63, 3.8) is 0 Å². The van der Waals surface area contributed by atoms with E-state index in [-0.39, 0.29) is 12.0 Å². The van der Waals surface area contributed by atoms with Crippen LogP contribution in [0.5, 0.6) is 0 Å². The van der Waals surface area contributed by atoms with E-state index in [2.05, 4.69) is 9.97 Å². The largest absolute Gasteiger partial charge is 0.370 e. The number of hydrogen-bond acceptors (Lipinski definition) is 6. The lowest BCUT2D eigenvalue weighted by Crippen LogP contribution is -2.44. The van der Waals surface area contributed by atoms with Crippen molar-refractivity contribution in [1.82, 2.24) is 14.9 Å². The first-order valence-electron chi connectivity index (χ1n) is 8.05. The number of aromatic nitrogens is 2. The predicted molar refractivity (Wildman–Crippen MR) is 96.2 cm³/mol. The summed E-state index contributed by atoms with van der Waals surface area (Å²) in [5.74, 6) is 0.610. The molecule has 0 aromatic carbocycles. The van der Waals surface area contributed by atoms with Crippen molar-refractivity contribution in [2.45, 2.75) is 36.8 Å². The van der Waals surface area contributed by atoms with Crippen molar-refractivity contribution >= 4 is 29.0 Å². The van der Waals surface area contributed by atoms with Gasteiger partial charge in [-0.15, -0.1) is 11.3 Å². The minimum absolute atomic E-state index is 0.0943. The zero-order valence-corrected chi connectivity index (χ0v) is 15.3. The molecule has 3 heterocycles. The van der Waals surface area contributed by atoms with Gasteiger partial charge in [-0.25, -0.2) is 4.98 Å². The van der Waals surface area contributed by atoms with Gasteiger partial charge in [0, 0.05) is 30.4 Å². The van der Waals surface area contributed by atoms with Gasteiger partial charge in [0.15, 0.2) is 4.34 Å². The molecule has 1 saturated heterocycles. The van der Waals surface area contributed by atoms with Crippen LogP contribution in [0.4, 0.5) is 0 Å². The molecule has 3 rings (SSSR count). The fraction of sp³-hybridized carbons (Fsp3) is 0.471. The zero-order chi connectivity index (χ0) is 16.8. The van der Waals surface area contributed by atoms with Gasteiger partial charge in [-0.05, 0) is 31.9 Å². The molecule has 1 amide bonds. The Balaban J connectivity index is 1.45. The Bertz CT molecular complexity index is 663. The molecule has 0 aliphatic carbocycles. The first kappa shape index (κ1) is 17.4. The second kappa shape index (κ2) is 8.60. The van der Waals surface area contributed by atoms with Crippen molar-refractivity contribution < 1.29 is 9.53 Å². The first-order valence-corrected chi connectivity index (χ1v) is 9.91. The third kappa shape index (κ3) is 5.03. The van der Waals surface area contributed by atoms with Gasteiger partial charge in [-0.2, -0.15) is 0 Å². The Hall–Kier alpha value is -1.44. The highest BCUT2D eigenvalue weighted by molar-refractivity contribution is 8.01. The van der Waals surface area contributed by atoms with E-state index in [1.165, 1.54) is 11.8 Å². The monoisotopic (exact) mass is 363 g/mol. The quantitative estimate of drug-likeness (QED) is 0.738. The Kier molecular flexibility index (Phi) is 6.23. The number of carbonyl (C=O) groups is 1. The molecule has 2 aromatic rings. The molecule has 0 saturated carbocycles. The third-order valence-electron chi connectivity index (χ3n) is 3.84. The highest BCUT2D eigenvalue weighted by Crippen LogP contribution is 2.23. The summed E-state index contributed by atoms with van der Waals surface area (Å²) in [6.07, 6.45) is 3.85. The number of thiazole rings is 1. The summed E-state index contributed by atoms with van der Waals surface area (Å²) in [5, 5.41) is 2.01. The van der Waals surface area contributed by atoms with E-state index in [0.29, 0.717) is 18.9 Å². The van der Waals surface area contributed by atoms with Gasteiger partial charge in [0.25, 0.3) is 0 Å². The molecule has 0 spiro atoms. The van der Waals surface area contributed by atoms with Gasteiger partial charge in [0.05, 0.1) is 24.2 Å². The summed E-state index contributed by atoms with van der Waals surface area (Å²) < 4.78 is 6.90. The van der Waals surface area contributed by atoms with Gasteiger partial charge in [0.2, 0.25) is 5.91 Å². The van der Waals surface area contributed by atoms with Crippen molar-refractivity contribution in [3.05, 3.63) is 41.2 Å². The van der Waals surface area contributed by atoms with Crippen LogP contribution in [-0.4, -0.2) is 45.7 Å². The average molecular weight is 364 g/mol. The van der Waals surface area contributed by atoms with Gasteiger partial charge < -0.3 is 9.64 Å². The lowest BCUT2D eigenvalue weighted by atomic mass is 10.1. The molecule has 24 heavy (non-hydrogen) atoms. The van der Waals surface area contributed by atoms with E-state index in [1.807, 2.05) is 35.4 Å². The number of rotatable bonds is 6. The van der Waals surface area contributed by atoms with Crippen LogP contribution < -0.4 is 0 Å². The molecule has 2 aromatic heterocycles. The fourth-order valence-corrected chi connectivity index (χ4v) is 4.35. The third-order valence-corrected chi connectivity index (χ3v) is 5.96. The minimum Gasteiger partial charge on any atom is -0.370 e. The second-order valence-electron chi connectivity index (χ2n) is 5.78. The van der Waals surface area contributed by atoms with E-state index < -0.39 is 0 Å². The maximum Gasteiger partial charge on any atom is 0.233 e. The van der Waals surface area contributed by atoms with Crippen molar-refractivity contribution in [2.75, 3.05) is 18.8 Å². The Morgan fingerprint density at radius 1 is 1.50 bits per heavy atom. The molecule has 1 atom stereocenters. The van der Waals surface area contributed by atoms with Crippen LogP contribution >= 0.6 is 23.1 Å². The van der Waals surface area contributed by atoms with Gasteiger partial charge in [-0.1, -0.05) is 17.8 Å². The van der Waals surface area contributed by atoms with E-state index in [0.717, 1.165) is 35.1 Å². The molecule has 1 fully saturated rings. The number of piperidine rings is 1. The Morgan fingerprint density at radius 2 is 2.42 bits per heavy atom. The molecule has 7 heteroatoms. The number of thioether (sulfide) groups is 1. The van der Waals surface area contributed by atoms with E-state index in [1.54, 1.807) is 17.5 Å². The molecular weight excluding hydrogens is 342 g/mol. The molecule has 0 radical (unpaired) electrons. The van der Waals surface area contributed by atoms with Crippen LogP contribution in [0.15, 0.2) is 34.1 Å². The summed E-state index contributed by atoms with van der Waals surface area (Å²) in [6.45, 7) is 3.96. The Labute approximate surface area is 150 Å². The number of likely N-dealkylation sites (tertiary alicyclic amines) is 1. The van der Waals surface area contributed by atoms with E-state index in [4.69, 9.17) is 4.74 Å². The first-order chi connectivity index (χ1) is 11.7. The summed E-state index contributed by atoms with van der Waals surface area (Å²) >= 11 is 3.11. The van der Waals surface area contributed by atoms with Gasteiger partial charge in [0.1, 0.15) is 0 Å². The molecule has 1 aliphatic heterocycles. The van der Waals surface area contributed by atoms with E-state index in [9.17, 15) is 4.79 Å². The predicted octanol–water partition coefficient (Wildman–Crippen LogP) is 3.15. The number of amides is 1. The molecule has 5 nitrogen and oxygen atoms in total.